The van der Waals surface area contributed by atoms with E-state index in [4.69, 9.17) is 0 Å². The van der Waals surface area contributed by atoms with Crippen molar-refractivity contribution in [3.63, 3.8) is 0 Å². The van der Waals surface area contributed by atoms with Gasteiger partial charge in [-0.1, -0.05) is 27.7 Å². The highest BCUT2D eigenvalue weighted by molar-refractivity contribution is 8.99. The molecule has 80 valence electrons. The summed E-state index contributed by atoms with van der Waals surface area (Å²) >= 11 is 8.90. The molecule has 0 heterocycles. The Hall–Kier alpha value is 1.62. The third-order valence-electron chi connectivity index (χ3n) is 1.28. The predicted octanol–water partition coefficient (Wildman–Crippen LogP) is 4.43. The summed E-state index contributed by atoms with van der Waals surface area (Å²) in [4.78, 5) is 0. The monoisotopic (exact) mass is 272 g/mol. The van der Waals surface area contributed by atoms with Gasteiger partial charge in [-0.15, -0.1) is 0 Å². The fourth-order valence-corrected chi connectivity index (χ4v) is 25.8. The van der Waals surface area contributed by atoms with Gasteiger partial charge >= 0.3 is 4.67 Å². The van der Waals surface area contributed by atoms with Gasteiger partial charge < -0.3 is 0 Å². The van der Waals surface area contributed by atoms with Crippen LogP contribution in [0.5, 0.6) is 0 Å². The van der Waals surface area contributed by atoms with Gasteiger partial charge in [0.05, 0.1) is 0 Å². The largest absolute Gasteiger partial charge is 0.300 e. The Morgan fingerprint density at radius 2 is 0.846 bits per heavy atom. The molecule has 0 N–H and O–H groups in total. The molecule has 0 radical (unpaired) electrons. The Kier molecular flexibility index (Phi) is 9.99. The Bertz CT molecular complexity index is 91.2. The first-order valence-electron chi connectivity index (χ1n) is 4.80. The SMILES string of the molecule is CCS[Si](SCC)(SCC)SCC. The lowest BCUT2D eigenvalue weighted by Gasteiger charge is -2.26. The van der Waals surface area contributed by atoms with E-state index in [1.807, 2.05) is 0 Å². The highest BCUT2D eigenvalue weighted by atomic mass is 32.9. The summed E-state index contributed by atoms with van der Waals surface area (Å²) in [6, 6.07) is 0. The maximum atomic E-state index is 2.29. The molecule has 13 heavy (non-hydrogen) atoms. The molecule has 0 saturated carbocycles. The highest BCUT2D eigenvalue weighted by Crippen LogP contribution is 2.49. The van der Waals surface area contributed by atoms with Crippen LogP contribution in [0.15, 0.2) is 0 Å². The van der Waals surface area contributed by atoms with Crippen molar-refractivity contribution >= 4 is 49.5 Å². The zero-order valence-corrected chi connectivity index (χ0v) is 13.2. The number of hydrogen-bond acceptors (Lipinski definition) is 4. The third-order valence-corrected chi connectivity index (χ3v) is 24.3. The third kappa shape index (κ3) is 5.92. The topological polar surface area (TPSA) is 0 Å². The van der Waals surface area contributed by atoms with E-state index in [1.165, 1.54) is 23.0 Å². The van der Waals surface area contributed by atoms with Crippen LogP contribution in [0.4, 0.5) is 0 Å². The summed E-state index contributed by atoms with van der Waals surface area (Å²) in [6.45, 7) is 9.15. The molecule has 0 aliphatic rings. The van der Waals surface area contributed by atoms with Gasteiger partial charge in [-0.25, -0.2) is 0 Å². The van der Waals surface area contributed by atoms with Crippen molar-refractivity contribution in [1.29, 1.82) is 0 Å². The maximum Gasteiger partial charge on any atom is 0.300 e. The average molecular weight is 273 g/mol. The molecule has 0 unspecified atom stereocenters. The Morgan fingerprint density at radius 1 is 0.615 bits per heavy atom. The predicted molar refractivity (Wildman–Crippen MR) is 78.3 cm³/mol. The van der Waals surface area contributed by atoms with Gasteiger partial charge in [0.2, 0.25) is 0 Å². The van der Waals surface area contributed by atoms with Crippen molar-refractivity contribution in [2.24, 2.45) is 0 Å². The molecule has 0 rings (SSSR count). The molecule has 0 bridgehead atoms. The van der Waals surface area contributed by atoms with Crippen LogP contribution in [-0.4, -0.2) is 27.7 Å². The van der Waals surface area contributed by atoms with Crippen LogP contribution in [0.3, 0.4) is 0 Å². The maximum absolute atomic E-state index is 2.29. The second kappa shape index (κ2) is 8.89. The summed E-state index contributed by atoms with van der Waals surface area (Å²) in [5, 5.41) is 0. The second-order valence-corrected chi connectivity index (χ2v) is 22.2. The lowest BCUT2D eigenvalue weighted by atomic mass is 11.0. The van der Waals surface area contributed by atoms with Crippen LogP contribution in [0.1, 0.15) is 27.7 Å². The lowest BCUT2D eigenvalue weighted by Crippen LogP contribution is -2.19. The van der Waals surface area contributed by atoms with E-state index in [2.05, 4.69) is 72.5 Å². The molecule has 0 aromatic rings. The molecule has 0 aromatic carbocycles. The lowest BCUT2D eigenvalue weighted by molar-refractivity contribution is 1.53. The van der Waals surface area contributed by atoms with E-state index >= 15 is 0 Å². The van der Waals surface area contributed by atoms with Crippen molar-refractivity contribution in [1.82, 2.24) is 0 Å². The zero-order valence-electron chi connectivity index (χ0n) is 8.96. The molecule has 0 aromatic heterocycles. The molecule has 0 spiro atoms. The minimum absolute atomic E-state index is 1.13. The molecular weight excluding hydrogens is 252 g/mol. The molecule has 0 aliphatic heterocycles. The molecule has 0 amide bonds. The Morgan fingerprint density at radius 3 is 1.00 bits per heavy atom. The van der Waals surface area contributed by atoms with Crippen molar-refractivity contribution in [2.75, 3.05) is 23.0 Å². The fraction of sp³-hybridized carbons (Fsp3) is 1.00. The molecule has 0 aliphatic carbocycles. The first kappa shape index (κ1) is 14.6. The quantitative estimate of drug-likeness (QED) is 0.599. The Labute approximate surface area is 99.7 Å². The van der Waals surface area contributed by atoms with Crippen LogP contribution in [-0.2, 0) is 0 Å². The van der Waals surface area contributed by atoms with E-state index in [1.54, 1.807) is 0 Å². The fourth-order valence-electron chi connectivity index (χ4n) is 0.957. The molecule has 0 atom stereocenters. The summed E-state index contributed by atoms with van der Waals surface area (Å²) in [5.74, 6) is 5.11. The van der Waals surface area contributed by atoms with Gasteiger partial charge in [0.1, 0.15) is 0 Å². The summed E-state index contributed by atoms with van der Waals surface area (Å²) in [7, 11) is 0. The minimum Gasteiger partial charge on any atom is -0.152 e. The summed E-state index contributed by atoms with van der Waals surface area (Å²) < 4.78 is -1.13. The standard InChI is InChI=1S/C8H20S4Si/c1-5-9-13(10-6-2,11-7-3)12-8-4/h5-8H2,1-4H3. The number of hydrogen-bond donors (Lipinski definition) is 0. The van der Waals surface area contributed by atoms with E-state index in [0.29, 0.717) is 0 Å². The van der Waals surface area contributed by atoms with Gasteiger partial charge in [0.15, 0.2) is 0 Å². The summed E-state index contributed by atoms with van der Waals surface area (Å²) in [5.41, 5.74) is 0. The van der Waals surface area contributed by atoms with Crippen molar-refractivity contribution in [3.05, 3.63) is 0 Å². The van der Waals surface area contributed by atoms with Crippen LogP contribution >= 0.6 is 44.8 Å². The van der Waals surface area contributed by atoms with Gasteiger partial charge in [0.25, 0.3) is 0 Å². The number of rotatable bonds is 8. The van der Waals surface area contributed by atoms with Crippen molar-refractivity contribution < 1.29 is 0 Å². The van der Waals surface area contributed by atoms with E-state index in [9.17, 15) is 0 Å². The summed E-state index contributed by atoms with van der Waals surface area (Å²) in [6.07, 6.45) is 0. The van der Waals surface area contributed by atoms with Crippen LogP contribution in [0.25, 0.3) is 0 Å². The molecule has 5 heteroatoms. The molecular formula is C8H20S4Si. The minimum atomic E-state index is -1.13. The van der Waals surface area contributed by atoms with E-state index < -0.39 is 4.67 Å². The average Bonchev–Trinajstić information content (AvgIpc) is 2.06. The van der Waals surface area contributed by atoms with Gasteiger partial charge in [-0.05, 0) is 23.0 Å². The van der Waals surface area contributed by atoms with E-state index in [0.717, 1.165) is 0 Å². The van der Waals surface area contributed by atoms with Crippen molar-refractivity contribution in [2.45, 2.75) is 27.7 Å². The van der Waals surface area contributed by atoms with E-state index in [-0.39, 0.29) is 0 Å². The molecule has 0 fully saturated rings. The van der Waals surface area contributed by atoms with Gasteiger partial charge in [-0.2, -0.15) is 44.8 Å². The first-order valence-corrected chi connectivity index (χ1v) is 13.6. The highest BCUT2D eigenvalue weighted by Gasteiger charge is 2.34. The van der Waals surface area contributed by atoms with Crippen molar-refractivity contribution in [3.8, 4) is 0 Å². The van der Waals surface area contributed by atoms with Gasteiger partial charge in [-0.3, -0.25) is 0 Å². The first-order chi connectivity index (χ1) is 6.24. The van der Waals surface area contributed by atoms with Crippen LogP contribution < -0.4 is 0 Å². The smallest absolute Gasteiger partial charge is 0.152 e. The van der Waals surface area contributed by atoms with Crippen LogP contribution in [0.2, 0.25) is 0 Å². The second-order valence-electron chi connectivity index (χ2n) is 2.23. The van der Waals surface area contributed by atoms with Crippen LogP contribution in [0, 0.1) is 0 Å². The molecule has 0 saturated heterocycles. The normalized spacial score (nSPS) is 12.0. The van der Waals surface area contributed by atoms with Gasteiger partial charge in [0, 0.05) is 0 Å². The Balaban J connectivity index is 4.19. The molecule has 0 nitrogen and oxygen atoms in total. The zero-order chi connectivity index (χ0) is 10.2.